The van der Waals surface area contributed by atoms with Crippen molar-refractivity contribution in [2.75, 3.05) is 0 Å². The molecule has 7 nitrogen and oxygen atoms in total. The number of hydrogen-bond acceptors (Lipinski definition) is 4. The first-order chi connectivity index (χ1) is 17.9. The number of aryl methyl sites for hydroxylation is 2. The van der Waals surface area contributed by atoms with E-state index in [1.165, 1.54) is 4.90 Å². The minimum atomic E-state index is -0.227. The molecular weight excluding hydrogens is 466 g/mol. The summed E-state index contributed by atoms with van der Waals surface area (Å²) < 4.78 is 5.25. The van der Waals surface area contributed by atoms with Crippen molar-refractivity contribution >= 4 is 17.8 Å². The molecule has 1 saturated carbocycles. The number of benzene rings is 2. The number of urea groups is 1. The van der Waals surface area contributed by atoms with E-state index in [0.29, 0.717) is 24.4 Å². The molecule has 7 heteroatoms. The molecule has 2 heterocycles. The summed E-state index contributed by atoms with van der Waals surface area (Å²) in [6, 6.07) is 16.7. The lowest BCUT2D eigenvalue weighted by Crippen LogP contribution is -2.61. The Balaban J connectivity index is 1.32. The van der Waals surface area contributed by atoms with E-state index in [9.17, 15) is 14.4 Å². The van der Waals surface area contributed by atoms with Crippen LogP contribution in [0.2, 0.25) is 0 Å². The highest BCUT2D eigenvalue weighted by molar-refractivity contribution is 5.99. The molecule has 3 aromatic rings. The van der Waals surface area contributed by atoms with Crippen LogP contribution in [0.1, 0.15) is 64.1 Å². The topological polar surface area (TPSA) is 82.9 Å². The van der Waals surface area contributed by atoms with Crippen LogP contribution >= 0.6 is 0 Å². The van der Waals surface area contributed by atoms with Gasteiger partial charge in [0.25, 0.3) is 5.91 Å². The van der Waals surface area contributed by atoms with Crippen LogP contribution in [-0.4, -0.2) is 33.7 Å². The molecule has 1 aliphatic carbocycles. The average molecular weight is 500 g/mol. The Hall–Kier alpha value is -3.87. The van der Waals surface area contributed by atoms with Crippen molar-refractivity contribution in [3.8, 4) is 0 Å². The van der Waals surface area contributed by atoms with E-state index in [1.807, 2.05) is 17.0 Å². The molecule has 1 N–H and O–H groups in total. The van der Waals surface area contributed by atoms with Crippen LogP contribution < -0.4 is 5.32 Å². The van der Waals surface area contributed by atoms with Crippen molar-refractivity contribution < 1.29 is 18.8 Å². The molecule has 0 spiro atoms. The van der Waals surface area contributed by atoms with E-state index in [4.69, 9.17) is 4.42 Å². The molecule has 2 aliphatic rings. The number of carbonyl (C=O) groups is 3. The van der Waals surface area contributed by atoms with Gasteiger partial charge in [0.05, 0.1) is 25.3 Å². The maximum absolute atomic E-state index is 13.7. The van der Waals surface area contributed by atoms with E-state index in [1.54, 1.807) is 30.5 Å². The van der Waals surface area contributed by atoms with Crippen molar-refractivity contribution in [2.24, 2.45) is 5.92 Å². The molecule has 0 radical (unpaired) electrons. The van der Waals surface area contributed by atoms with Crippen molar-refractivity contribution in [2.45, 2.75) is 65.2 Å². The van der Waals surface area contributed by atoms with Crippen molar-refractivity contribution in [3.05, 3.63) is 94.4 Å². The average Bonchev–Trinajstić information content (AvgIpc) is 3.44. The fraction of sp³-hybridized carbons (Fsp3) is 0.367. The molecule has 2 atom stereocenters. The zero-order valence-corrected chi connectivity index (χ0v) is 21.4. The number of carbonyl (C=O) groups excluding carboxylic acids is 3. The number of nitrogens with one attached hydrogen (secondary N) is 1. The quantitative estimate of drug-likeness (QED) is 0.475. The summed E-state index contributed by atoms with van der Waals surface area (Å²) in [4.78, 5) is 43.0. The van der Waals surface area contributed by atoms with Gasteiger partial charge in [-0.05, 0) is 67.6 Å². The summed E-state index contributed by atoms with van der Waals surface area (Å²) >= 11 is 0. The van der Waals surface area contributed by atoms with Gasteiger partial charge >= 0.3 is 6.03 Å². The van der Waals surface area contributed by atoms with Gasteiger partial charge in [-0.15, -0.1) is 0 Å². The summed E-state index contributed by atoms with van der Waals surface area (Å²) in [5, 5.41) is 2.83. The third-order valence-corrected chi connectivity index (χ3v) is 7.60. The Morgan fingerprint density at radius 3 is 2.54 bits per heavy atom. The number of amides is 4. The van der Waals surface area contributed by atoms with Gasteiger partial charge in [0.1, 0.15) is 5.76 Å². The van der Waals surface area contributed by atoms with Crippen molar-refractivity contribution in [3.63, 3.8) is 0 Å². The smallest absolute Gasteiger partial charge is 0.327 e. The van der Waals surface area contributed by atoms with Crippen LogP contribution in [0.15, 0.2) is 65.3 Å². The first-order valence-corrected chi connectivity index (χ1v) is 13.0. The highest BCUT2D eigenvalue weighted by atomic mass is 16.3. The van der Waals surface area contributed by atoms with E-state index < -0.39 is 0 Å². The lowest BCUT2D eigenvalue weighted by Gasteiger charge is -2.47. The first kappa shape index (κ1) is 24.8. The second-order valence-corrected chi connectivity index (χ2v) is 10.2. The minimum absolute atomic E-state index is 0.0508. The van der Waals surface area contributed by atoms with Gasteiger partial charge in [-0.3, -0.25) is 14.5 Å². The van der Waals surface area contributed by atoms with E-state index in [2.05, 4.69) is 37.4 Å². The molecule has 37 heavy (non-hydrogen) atoms. The fourth-order valence-electron chi connectivity index (χ4n) is 5.48. The predicted molar refractivity (Wildman–Crippen MR) is 139 cm³/mol. The molecule has 2 fully saturated rings. The van der Waals surface area contributed by atoms with Crippen molar-refractivity contribution in [1.29, 1.82) is 0 Å². The van der Waals surface area contributed by atoms with E-state index in [0.717, 1.165) is 47.9 Å². The Morgan fingerprint density at radius 1 is 1.00 bits per heavy atom. The van der Waals surface area contributed by atoms with Crippen LogP contribution in [0, 0.1) is 19.8 Å². The number of rotatable bonds is 7. The van der Waals surface area contributed by atoms with Gasteiger partial charge < -0.3 is 14.6 Å². The van der Waals surface area contributed by atoms with E-state index in [-0.39, 0.29) is 36.3 Å². The molecule has 1 aromatic heterocycles. The molecular formula is C30H33N3O4. The Labute approximate surface area is 217 Å². The number of furan rings is 1. The number of hydrogen-bond donors (Lipinski definition) is 1. The molecule has 5 rings (SSSR count). The molecule has 2 unspecified atom stereocenters. The third kappa shape index (κ3) is 5.31. The summed E-state index contributed by atoms with van der Waals surface area (Å²) in [5.74, 6) is 0.228. The number of fused-ring (bicyclic) bond motifs is 1. The number of imide groups is 1. The van der Waals surface area contributed by atoms with Crippen molar-refractivity contribution in [1.82, 2.24) is 15.1 Å². The SMILES string of the molecule is Cc1ccc(C)c(CN2C(=O)N(Cc3ccc(C(=O)NCc4ccco4)cc3)C(=O)C3CCCCC32)c1. The second-order valence-electron chi connectivity index (χ2n) is 10.2. The van der Waals surface area contributed by atoms with Crippen LogP contribution in [0.25, 0.3) is 0 Å². The Kier molecular flexibility index (Phi) is 7.12. The van der Waals surface area contributed by atoms with Crippen LogP contribution in [-0.2, 0) is 24.4 Å². The zero-order valence-electron chi connectivity index (χ0n) is 21.4. The molecule has 1 saturated heterocycles. The fourth-order valence-corrected chi connectivity index (χ4v) is 5.48. The lowest BCUT2D eigenvalue weighted by molar-refractivity contribution is -0.141. The molecule has 1 aliphatic heterocycles. The maximum atomic E-state index is 13.7. The predicted octanol–water partition coefficient (Wildman–Crippen LogP) is 5.35. The van der Waals surface area contributed by atoms with Crippen LogP contribution in [0.5, 0.6) is 0 Å². The Morgan fingerprint density at radius 2 is 1.78 bits per heavy atom. The van der Waals surface area contributed by atoms with Gasteiger partial charge in [0.15, 0.2) is 0 Å². The summed E-state index contributed by atoms with van der Waals surface area (Å²) in [7, 11) is 0. The summed E-state index contributed by atoms with van der Waals surface area (Å²) in [6.07, 6.45) is 5.29. The Bertz CT molecular complexity index is 1280. The minimum Gasteiger partial charge on any atom is -0.467 e. The molecule has 4 amide bonds. The molecule has 2 aromatic carbocycles. The summed E-state index contributed by atoms with van der Waals surface area (Å²) in [5.41, 5.74) is 4.75. The van der Waals surface area contributed by atoms with Crippen LogP contribution in [0.4, 0.5) is 4.79 Å². The largest absolute Gasteiger partial charge is 0.467 e. The second kappa shape index (κ2) is 10.6. The van der Waals surface area contributed by atoms with Crippen LogP contribution in [0.3, 0.4) is 0 Å². The first-order valence-electron chi connectivity index (χ1n) is 13.0. The van der Waals surface area contributed by atoms with Gasteiger partial charge in [0, 0.05) is 18.2 Å². The van der Waals surface area contributed by atoms with E-state index >= 15 is 0 Å². The normalized spacial score (nSPS) is 19.6. The standard InChI is InChI=1S/C30H33N3O4/c1-20-9-10-21(2)24(16-20)19-32-27-8-4-3-7-26(27)29(35)33(30(32)36)18-22-11-13-23(14-12-22)28(34)31-17-25-6-5-15-37-25/h5-6,9-16,26-27H,3-4,7-8,17-19H2,1-2H3,(H,31,34). The van der Waals surface area contributed by atoms with Gasteiger partial charge in [-0.1, -0.05) is 48.7 Å². The highest BCUT2D eigenvalue weighted by Crippen LogP contribution is 2.36. The maximum Gasteiger partial charge on any atom is 0.327 e. The van der Waals surface area contributed by atoms with Gasteiger partial charge in [-0.2, -0.15) is 0 Å². The molecule has 192 valence electrons. The molecule has 0 bridgehead atoms. The monoisotopic (exact) mass is 499 g/mol. The highest BCUT2D eigenvalue weighted by Gasteiger charge is 2.46. The number of nitrogens with zero attached hydrogens (tertiary/aromatic N) is 2. The zero-order chi connectivity index (χ0) is 25.9. The van der Waals surface area contributed by atoms with Gasteiger partial charge in [-0.25, -0.2) is 4.79 Å². The van der Waals surface area contributed by atoms with Gasteiger partial charge in [0.2, 0.25) is 5.91 Å². The lowest BCUT2D eigenvalue weighted by atomic mass is 9.80. The summed E-state index contributed by atoms with van der Waals surface area (Å²) in [6.45, 7) is 5.13. The third-order valence-electron chi connectivity index (χ3n) is 7.60.